The molecule has 43 heavy (non-hydrogen) atoms. The number of nitrogens with zero attached hydrogens (tertiary/aromatic N) is 4. The van der Waals surface area contributed by atoms with Crippen LogP contribution in [0.3, 0.4) is 0 Å². The van der Waals surface area contributed by atoms with Gasteiger partial charge in [-0.1, -0.05) is 36.3 Å². The highest BCUT2D eigenvalue weighted by atomic mass is 35.5. The first-order chi connectivity index (χ1) is 20.7. The third-order valence-corrected chi connectivity index (χ3v) is 6.97. The molecular formula is C29H26ClN5O8. The molecule has 0 unspecified atom stereocenters. The number of nitrogen functional groups attached to an aromatic ring is 1. The van der Waals surface area contributed by atoms with E-state index in [4.69, 9.17) is 47.4 Å². The van der Waals surface area contributed by atoms with Crippen molar-refractivity contribution in [2.45, 2.75) is 37.6 Å². The van der Waals surface area contributed by atoms with Crippen LogP contribution in [0.5, 0.6) is 0 Å². The third-order valence-electron chi connectivity index (χ3n) is 6.80. The molecule has 4 heterocycles. The van der Waals surface area contributed by atoms with Crippen molar-refractivity contribution in [2.75, 3.05) is 12.3 Å². The van der Waals surface area contributed by atoms with Crippen molar-refractivity contribution in [2.24, 2.45) is 7.05 Å². The zero-order valence-electron chi connectivity index (χ0n) is 22.8. The Morgan fingerprint density at radius 3 is 2.63 bits per heavy atom. The van der Waals surface area contributed by atoms with Crippen LogP contribution in [0.1, 0.15) is 23.8 Å². The molecule has 222 valence electrons. The minimum atomic E-state index is -1.75. The summed E-state index contributed by atoms with van der Waals surface area (Å²) < 4.78 is 30.5. The summed E-state index contributed by atoms with van der Waals surface area (Å²) >= 11 is 6.04. The molecule has 3 atom stereocenters. The van der Waals surface area contributed by atoms with Crippen molar-refractivity contribution >= 4 is 40.8 Å². The van der Waals surface area contributed by atoms with Gasteiger partial charge in [0.15, 0.2) is 6.10 Å². The second kappa shape index (κ2) is 12.4. The maximum Gasteiger partial charge on any atom is 0.509 e. The first-order valence-corrected chi connectivity index (χ1v) is 13.3. The average Bonchev–Trinajstić information content (AvgIpc) is 3.58. The van der Waals surface area contributed by atoms with Gasteiger partial charge in [0.05, 0.1) is 10.9 Å². The fraction of sp³-hybridized carbons (Fsp3) is 0.276. The Hall–Kier alpha value is -5.06. The van der Waals surface area contributed by atoms with Gasteiger partial charge in [0.1, 0.15) is 37.5 Å². The molecule has 0 radical (unpaired) electrons. The van der Waals surface area contributed by atoms with Gasteiger partial charge < -0.3 is 38.6 Å². The Bertz CT molecular complexity index is 1750. The molecule has 1 aliphatic heterocycles. The molecule has 0 bridgehead atoms. The summed E-state index contributed by atoms with van der Waals surface area (Å²) in [5, 5.41) is 0.431. The maximum atomic E-state index is 12.7. The maximum absolute atomic E-state index is 12.7. The van der Waals surface area contributed by atoms with E-state index in [9.17, 15) is 14.4 Å². The largest absolute Gasteiger partial charge is 0.509 e. The molecule has 0 saturated carbocycles. The summed E-state index contributed by atoms with van der Waals surface area (Å²) in [6, 6.07) is 13.9. The van der Waals surface area contributed by atoms with Crippen LogP contribution in [0, 0.1) is 12.3 Å². The first-order valence-electron chi connectivity index (χ1n) is 13.0. The SMILES string of the molecule is C#C[C@]1(COC(=O)OCc2cccn(C)c2=O)O[C@@H](n2ccc3c(N)nc(Cl)nc32)C[C@@H]1OC(=O)OCc1ccccc1. The zero-order chi connectivity index (χ0) is 30.6. The van der Waals surface area contributed by atoms with Crippen molar-refractivity contribution in [3.8, 4) is 12.3 Å². The van der Waals surface area contributed by atoms with E-state index < -0.39 is 36.9 Å². The molecule has 1 saturated heterocycles. The molecule has 1 aliphatic rings. The van der Waals surface area contributed by atoms with E-state index in [-0.39, 0.29) is 41.9 Å². The van der Waals surface area contributed by atoms with E-state index in [1.165, 1.54) is 10.6 Å². The molecule has 14 heteroatoms. The lowest BCUT2D eigenvalue weighted by Crippen LogP contribution is -2.45. The van der Waals surface area contributed by atoms with Crippen LogP contribution in [0.25, 0.3) is 11.0 Å². The van der Waals surface area contributed by atoms with Crippen LogP contribution in [-0.2, 0) is 43.9 Å². The van der Waals surface area contributed by atoms with Gasteiger partial charge in [0, 0.05) is 25.9 Å². The monoisotopic (exact) mass is 607 g/mol. The van der Waals surface area contributed by atoms with Crippen molar-refractivity contribution in [3.63, 3.8) is 0 Å². The number of rotatable bonds is 8. The van der Waals surface area contributed by atoms with E-state index in [0.29, 0.717) is 11.0 Å². The Kier molecular flexibility index (Phi) is 8.51. The van der Waals surface area contributed by atoms with E-state index in [1.807, 2.05) is 6.07 Å². The van der Waals surface area contributed by atoms with Gasteiger partial charge >= 0.3 is 12.3 Å². The lowest BCUT2D eigenvalue weighted by atomic mass is 9.98. The standard InChI is InChI=1S/C29H26ClN5O8/c1-3-29(17-41-27(37)40-16-19-10-7-12-34(2)25(19)36)21(42-28(38)39-15-18-8-5-4-6-9-18)14-22(43-29)35-13-11-20-23(31)32-26(30)33-24(20)35/h1,4-13,21-22H,14-17H2,2H3,(H2,31,32,33)/t21-,22+,29+/m0/s1. The number of anilines is 1. The number of carbonyl (C=O) groups excluding carboxylic acids is 2. The van der Waals surface area contributed by atoms with Crippen molar-refractivity contribution in [1.82, 2.24) is 19.1 Å². The zero-order valence-corrected chi connectivity index (χ0v) is 23.6. The summed E-state index contributed by atoms with van der Waals surface area (Å²) in [6.45, 7) is -0.931. The van der Waals surface area contributed by atoms with Crippen LogP contribution in [-0.4, -0.2) is 49.7 Å². The summed E-state index contributed by atoms with van der Waals surface area (Å²) in [4.78, 5) is 45.7. The summed E-state index contributed by atoms with van der Waals surface area (Å²) in [5.41, 5.74) is 5.25. The number of carbonyl (C=O) groups is 2. The number of fused-ring (bicyclic) bond motifs is 1. The molecule has 3 aromatic heterocycles. The highest BCUT2D eigenvalue weighted by Crippen LogP contribution is 2.41. The van der Waals surface area contributed by atoms with Crippen LogP contribution in [0.4, 0.5) is 15.4 Å². The summed E-state index contributed by atoms with van der Waals surface area (Å²) in [5.74, 6) is 2.64. The van der Waals surface area contributed by atoms with Gasteiger partial charge in [-0.05, 0) is 35.4 Å². The molecule has 2 N–H and O–H groups in total. The normalized spacial score (nSPS) is 19.5. The number of aromatic nitrogens is 4. The van der Waals surface area contributed by atoms with Crippen LogP contribution in [0.2, 0.25) is 5.28 Å². The Balaban J connectivity index is 1.34. The third kappa shape index (κ3) is 6.40. The molecule has 1 aromatic carbocycles. The highest BCUT2D eigenvalue weighted by Gasteiger charge is 2.52. The Morgan fingerprint density at radius 1 is 1.09 bits per heavy atom. The number of nitrogens with two attached hydrogens (primary N) is 1. The first kappa shape index (κ1) is 29.4. The van der Waals surface area contributed by atoms with Crippen molar-refractivity contribution in [3.05, 3.63) is 87.7 Å². The number of hydrogen-bond donors (Lipinski definition) is 1. The van der Waals surface area contributed by atoms with E-state index in [1.54, 1.807) is 60.4 Å². The van der Waals surface area contributed by atoms with E-state index >= 15 is 0 Å². The number of aryl methyl sites for hydroxylation is 1. The predicted molar refractivity (Wildman–Crippen MR) is 153 cm³/mol. The second-order valence-corrected chi connectivity index (χ2v) is 9.93. The summed E-state index contributed by atoms with van der Waals surface area (Å²) in [7, 11) is 1.57. The lowest BCUT2D eigenvalue weighted by Gasteiger charge is -2.28. The molecular weight excluding hydrogens is 582 g/mol. The van der Waals surface area contributed by atoms with Gasteiger partial charge in [-0.25, -0.2) is 14.6 Å². The highest BCUT2D eigenvalue weighted by molar-refractivity contribution is 6.28. The van der Waals surface area contributed by atoms with Gasteiger partial charge in [-0.15, -0.1) is 6.42 Å². The van der Waals surface area contributed by atoms with Crippen molar-refractivity contribution in [1.29, 1.82) is 0 Å². The Morgan fingerprint density at radius 2 is 1.86 bits per heavy atom. The Labute approximate surface area is 250 Å². The van der Waals surface area contributed by atoms with Crippen molar-refractivity contribution < 1.29 is 33.3 Å². The lowest BCUT2D eigenvalue weighted by molar-refractivity contribution is -0.106. The van der Waals surface area contributed by atoms with E-state index in [0.717, 1.165) is 5.56 Å². The minimum Gasteiger partial charge on any atom is -0.430 e. The van der Waals surface area contributed by atoms with Gasteiger partial charge in [0.25, 0.3) is 5.56 Å². The number of pyridine rings is 1. The van der Waals surface area contributed by atoms with Gasteiger partial charge in [-0.2, -0.15) is 4.98 Å². The number of benzene rings is 1. The molecule has 0 amide bonds. The van der Waals surface area contributed by atoms with Gasteiger partial charge in [0.2, 0.25) is 10.9 Å². The quantitative estimate of drug-likeness (QED) is 0.177. The molecule has 0 aliphatic carbocycles. The van der Waals surface area contributed by atoms with Crippen LogP contribution >= 0.6 is 11.6 Å². The average molecular weight is 608 g/mol. The molecule has 1 fully saturated rings. The molecule has 0 spiro atoms. The molecule has 4 aromatic rings. The topological polar surface area (TPSA) is 159 Å². The molecule has 5 rings (SSSR count). The van der Waals surface area contributed by atoms with Crippen LogP contribution in [0.15, 0.2) is 65.7 Å². The fourth-order valence-electron chi connectivity index (χ4n) is 4.59. The smallest absolute Gasteiger partial charge is 0.430 e. The predicted octanol–water partition coefficient (Wildman–Crippen LogP) is 3.73. The van der Waals surface area contributed by atoms with E-state index in [2.05, 4.69) is 15.9 Å². The second-order valence-electron chi connectivity index (χ2n) is 9.59. The minimum absolute atomic E-state index is 0.0222. The number of halogens is 1. The molecule has 13 nitrogen and oxygen atoms in total. The van der Waals surface area contributed by atoms with Crippen LogP contribution < -0.4 is 11.3 Å². The number of ether oxygens (including phenoxy) is 5. The van der Waals surface area contributed by atoms with Gasteiger partial charge in [-0.3, -0.25) is 4.79 Å². The number of hydrogen-bond acceptors (Lipinski definition) is 11. The summed E-state index contributed by atoms with van der Waals surface area (Å²) in [6.07, 6.45) is 5.04. The number of terminal acetylenes is 1. The fourth-order valence-corrected chi connectivity index (χ4v) is 4.76.